The zero-order valence-electron chi connectivity index (χ0n) is 11.8. The van der Waals surface area contributed by atoms with E-state index in [-0.39, 0.29) is 16.3 Å². The molecule has 0 aliphatic heterocycles. The van der Waals surface area contributed by atoms with Crippen LogP contribution in [0.3, 0.4) is 0 Å². The maximum Gasteiger partial charge on any atom is 0.184 e. The standard InChI is InChI=1S/C15H16ClNO3S/c1-10-4-3-5-14(15(10)17)21(18,19)9-11-8-12(16)6-7-13(11)20-2/h3-8H,9,17H2,1-2H3. The number of hydrogen-bond donors (Lipinski definition) is 1. The fraction of sp³-hybridized carbons (Fsp3) is 0.200. The first-order chi connectivity index (χ1) is 9.85. The Labute approximate surface area is 129 Å². The fourth-order valence-corrected chi connectivity index (χ4v) is 3.83. The number of ether oxygens (including phenoxy) is 1. The van der Waals surface area contributed by atoms with Gasteiger partial charge in [0.1, 0.15) is 5.75 Å². The van der Waals surface area contributed by atoms with Crippen molar-refractivity contribution in [2.45, 2.75) is 17.6 Å². The average Bonchev–Trinajstić information content (AvgIpc) is 2.41. The number of nitrogen functional groups attached to an aromatic ring is 1. The van der Waals surface area contributed by atoms with E-state index in [1.54, 1.807) is 37.3 Å². The van der Waals surface area contributed by atoms with E-state index in [1.165, 1.54) is 13.2 Å². The van der Waals surface area contributed by atoms with Gasteiger partial charge in [-0.15, -0.1) is 0 Å². The van der Waals surface area contributed by atoms with Crippen molar-refractivity contribution in [3.05, 3.63) is 52.5 Å². The van der Waals surface area contributed by atoms with Crippen LogP contribution in [0.25, 0.3) is 0 Å². The largest absolute Gasteiger partial charge is 0.496 e. The molecular weight excluding hydrogens is 310 g/mol. The molecule has 0 aliphatic carbocycles. The Morgan fingerprint density at radius 1 is 1.24 bits per heavy atom. The van der Waals surface area contributed by atoms with Crippen molar-refractivity contribution in [2.75, 3.05) is 12.8 Å². The van der Waals surface area contributed by atoms with Crippen molar-refractivity contribution < 1.29 is 13.2 Å². The molecular formula is C15H16ClNO3S. The highest BCUT2D eigenvalue weighted by molar-refractivity contribution is 7.90. The van der Waals surface area contributed by atoms with E-state index in [1.807, 2.05) is 0 Å². The summed E-state index contributed by atoms with van der Waals surface area (Å²) in [7, 11) is -2.09. The van der Waals surface area contributed by atoms with Crippen molar-refractivity contribution in [3.63, 3.8) is 0 Å². The van der Waals surface area contributed by atoms with Gasteiger partial charge in [0, 0.05) is 10.6 Å². The van der Waals surface area contributed by atoms with E-state index in [9.17, 15) is 8.42 Å². The summed E-state index contributed by atoms with van der Waals surface area (Å²) in [4.78, 5) is 0.129. The number of anilines is 1. The number of nitrogens with two attached hydrogens (primary N) is 1. The van der Waals surface area contributed by atoms with Crippen LogP contribution in [0.1, 0.15) is 11.1 Å². The maximum atomic E-state index is 12.6. The molecule has 6 heteroatoms. The van der Waals surface area contributed by atoms with Gasteiger partial charge in [0.2, 0.25) is 0 Å². The van der Waals surface area contributed by atoms with Crippen molar-refractivity contribution in [3.8, 4) is 5.75 Å². The minimum absolute atomic E-state index is 0.129. The molecule has 0 spiro atoms. The van der Waals surface area contributed by atoms with Crippen LogP contribution in [-0.2, 0) is 15.6 Å². The number of methoxy groups -OCH3 is 1. The van der Waals surface area contributed by atoms with E-state index in [2.05, 4.69) is 0 Å². The molecule has 0 aliphatic rings. The predicted molar refractivity (Wildman–Crippen MR) is 84.5 cm³/mol. The summed E-state index contributed by atoms with van der Waals surface area (Å²) >= 11 is 5.93. The van der Waals surface area contributed by atoms with Crippen LogP contribution in [0, 0.1) is 6.92 Å². The third-order valence-electron chi connectivity index (χ3n) is 3.21. The average molecular weight is 326 g/mol. The minimum atomic E-state index is -3.58. The predicted octanol–water partition coefficient (Wildman–Crippen LogP) is 3.21. The van der Waals surface area contributed by atoms with Crippen molar-refractivity contribution >= 4 is 27.1 Å². The fourth-order valence-electron chi connectivity index (χ4n) is 2.07. The van der Waals surface area contributed by atoms with Gasteiger partial charge in [0.05, 0.1) is 23.4 Å². The lowest BCUT2D eigenvalue weighted by Crippen LogP contribution is -2.09. The molecule has 112 valence electrons. The van der Waals surface area contributed by atoms with Gasteiger partial charge in [-0.2, -0.15) is 0 Å². The first-order valence-electron chi connectivity index (χ1n) is 6.25. The molecule has 0 heterocycles. The highest BCUT2D eigenvalue weighted by Gasteiger charge is 2.21. The van der Waals surface area contributed by atoms with Gasteiger partial charge in [-0.05, 0) is 36.8 Å². The topological polar surface area (TPSA) is 69.4 Å². The number of benzene rings is 2. The second-order valence-corrected chi connectivity index (χ2v) is 7.10. The molecule has 0 bridgehead atoms. The van der Waals surface area contributed by atoms with E-state index in [4.69, 9.17) is 22.1 Å². The summed E-state index contributed by atoms with van der Waals surface area (Å²) in [6.45, 7) is 1.77. The van der Waals surface area contributed by atoms with Gasteiger partial charge < -0.3 is 10.5 Å². The maximum absolute atomic E-state index is 12.6. The van der Waals surface area contributed by atoms with Gasteiger partial charge >= 0.3 is 0 Å². The summed E-state index contributed by atoms with van der Waals surface area (Å²) in [5.41, 5.74) is 7.40. The van der Waals surface area contributed by atoms with Gasteiger partial charge in [-0.3, -0.25) is 0 Å². The molecule has 2 aromatic rings. The first-order valence-corrected chi connectivity index (χ1v) is 8.28. The number of hydrogen-bond acceptors (Lipinski definition) is 4. The molecule has 0 saturated carbocycles. The highest BCUT2D eigenvalue weighted by Crippen LogP contribution is 2.29. The van der Waals surface area contributed by atoms with Crippen molar-refractivity contribution in [1.29, 1.82) is 0 Å². The second-order valence-electron chi connectivity index (χ2n) is 4.70. The van der Waals surface area contributed by atoms with Crippen molar-refractivity contribution in [1.82, 2.24) is 0 Å². The molecule has 2 rings (SSSR count). The second kappa shape index (κ2) is 5.95. The normalized spacial score (nSPS) is 11.4. The van der Waals surface area contributed by atoms with Crippen LogP contribution >= 0.6 is 11.6 Å². The van der Waals surface area contributed by atoms with Gasteiger partial charge in [-0.1, -0.05) is 23.7 Å². The number of rotatable bonds is 4. The summed E-state index contributed by atoms with van der Waals surface area (Å²) in [5.74, 6) is 0.263. The van der Waals surface area contributed by atoms with Crippen LogP contribution in [0.15, 0.2) is 41.3 Å². The lowest BCUT2D eigenvalue weighted by Gasteiger charge is -2.12. The number of para-hydroxylation sites is 1. The molecule has 0 amide bonds. The zero-order valence-corrected chi connectivity index (χ0v) is 13.3. The molecule has 0 aromatic heterocycles. The van der Waals surface area contributed by atoms with Gasteiger partial charge in [-0.25, -0.2) is 8.42 Å². The van der Waals surface area contributed by atoms with Crippen molar-refractivity contribution in [2.24, 2.45) is 0 Å². The SMILES string of the molecule is COc1ccc(Cl)cc1CS(=O)(=O)c1cccc(C)c1N. The lowest BCUT2D eigenvalue weighted by atomic mass is 10.2. The van der Waals surface area contributed by atoms with E-state index in [0.29, 0.717) is 16.3 Å². The molecule has 2 N–H and O–H groups in total. The molecule has 0 unspecified atom stereocenters. The number of halogens is 1. The Balaban J connectivity index is 2.47. The van der Waals surface area contributed by atoms with Crippen LogP contribution in [-0.4, -0.2) is 15.5 Å². The van der Waals surface area contributed by atoms with Crippen LogP contribution < -0.4 is 10.5 Å². The summed E-state index contributed by atoms with van der Waals surface area (Å²) in [6.07, 6.45) is 0. The molecule has 0 saturated heterocycles. The van der Waals surface area contributed by atoms with E-state index in [0.717, 1.165) is 5.56 Å². The van der Waals surface area contributed by atoms with E-state index < -0.39 is 9.84 Å². The lowest BCUT2D eigenvalue weighted by molar-refractivity contribution is 0.411. The molecule has 21 heavy (non-hydrogen) atoms. The van der Waals surface area contributed by atoms with Gasteiger partial charge in [0.25, 0.3) is 0 Å². The molecule has 0 radical (unpaired) electrons. The summed E-state index contributed by atoms with van der Waals surface area (Å²) in [5, 5.41) is 0.457. The summed E-state index contributed by atoms with van der Waals surface area (Å²) in [6, 6.07) is 9.84. The third kappa shape index (κ3) is 3.31. The van der Waals surface area contributed by atoms with Crippen LogP contribution in [0.2, 0.25) is 5.02 Å². The Bertz CT molecular complexity index is 772. The highest BCUT2D eigenvalue weighted by atomic mass is 35.5. The Kier molecular flexibility index (Phi) is 4.44. The monoisotopic (exact) mass is 325 g/mol. The van der Waals surface area contributed by atoms with E-state index >= 15 is 0 Å². The molecule has 2 aromatic carbocycles. The van der Waals surface area contributed by atoms with Crippen LogP contribution in [0.4, 0.5) is 5.69 Å². The Hall–Kier alpha value is -1.72. The number of sulfone groups is 1. The molecule has 4 nitrogen and oxygen atoms in total. The minimum Gasteiger partial charge on any atom is -0.496 e. The zero-order chi connectivity index (χ0) is 15.6. The Morgan fingerprint density at radius 3 is 2.62 bits per heavy atom. The number of aryl methyl sites for hydroxylation is 1. The van der Waals surface area contributed by atoms with Gasteiger partial charge in [0.15, 0.2) is 9.84 Å². The smallest absolute Gasteiger partial charge is 0.184 e. The Morgan fingerprint density at radius 2 is 1.95 bits per heavy atom. The summed E-state index contributed by atoms with van der Waals surface area (Å²) < 4.78 is 30.3. The third-order valence-corrected chi connectivity index (χ3v) is 5.16. The molecule has 0 fully saturated rings. The molecule has 0 atom stereocenters. The first kappa shape index (κ1) is 15.7. The quantitative estimate of drug-likeness (QED) is 0.876. The van der Waals surface area contributed by atoms with Crippen LogP contribution in [0.5, 0.6) is 5.75 Å².